The van der Waals surface area contributed by atoms with Gasteiger partial charge in [-0.05, 0) is 43.5 Å². The molecule has 84 valence electrons. The molecule has 0 N–H and O–H groups in total. The van der Waals surface area contributed by atoms with E-state index in [-0.39, 0.29) is 0 Å². The van der Waals surface area contributed by atoms with Crippen molar-refractivity contribution in [3.05, 3.63) is 40.9 Å². The molecular weight excluding hydrogens is 214 g/mol. The number of hydrogen-bond donors (Lipinski definition) is 0. The zero-order valence-electron chi connectivity index (χ0n) is 10.0. The van der Waals surface area contributed by atoms with Crippen LogP contribution in [0.25, 0.3) is 10.6 Å². The van der Waals surface area contributed by atoms with Gasteiger partial charge in [-0.1, -0.05) is 19.9 Å². The van der Waals surface area contributed by atoms with Crippen LogP contribution in [-0.4, -0.2) is 4.98 Å². The van der Waals surface area contributed by atoms with Crippen molar-refractivity contribution >= 4 is 11.3 Å². The maximum Gasteiger partial charge on any atom is 0.0804 e. The fraction of sp³-hybridized carbons (Fsp3) is 0.357. The first-order valence-corrected chi connectivity index (χ1v) is 6.49. The fourth-order valence-electron chi connectivity index (χ4n) is 1.71. The van der Waals surface area contributed by atoms with Crippen molar-refractivity contribution in [2.75, 3.05) is 0 Å². The molecule has 16 heavy (non-hydrogen) atoms. The van der Waals surface area contributed by atoms with E-state index in [0.717, 1.165) is 23.7 Å². The lowest BCUT2D eigenvalue weighted by molar-refractivity contribution is 0.654. The van der Waals surface area contributed by atoms with Gasteiger partial charge in [-0.2, -0.15) is 0 Å². The third-order valence-corrected chi connectivity index (χ3v) is 3.54. The largest absolute Gasteiger partial charge is 0.252 e. The molecule has 0 aliphatic heterocycles. The van der Waals surface area contributed by atoms with Gasteiger partial charge in [-0.15, -0.1) is 11.3 Å². The average molecular weight is 231 g/mol. The van der Waals surface area contributed by atoms with Gasteiger partial charge in [0.05, 0.1) is 10.6 Å². The van der Waals surface area contributed by atoms with E-state index in [1.165, 1.54) is 9.75 Å². The van der Waals surface area contributed by atoms with Crippen molar-refractivity contribution in [2.45, 2.75) is 27.2 Å². The smallest absolute Gasteiger partial charge is 0.0804 e. The zero-order valence-corrected chi connectivity index (χ0v) is 10.8. The van der Waals surface area contributed by atoms with Gasteiger partial charge < -0.3 is 0 Å². The first-order chi connectivity index (χ1) is 7.65. The maximum absolute atomic E-state index is 4.55. The predicted molar refractivity (Wildman–Crippen MR) is 70.8 cm³/mol. The second-order valence-electron chi connectivity index (χ2n) is 4.53. The molecular formula is C14H17NS. The van der Waals surface area contributed by atoms with Crippen molar-refractivity contribution in [3.63, 3.8) is 0 Å². The van der Waals surface area contributed by atoms with E-state index < -0.39 is 0 Å². The van der Waals surface area contributed by atoms with Gasteiger partial charge in [0, 0.05) is 10.6 Å². The summed E-state index contributed by atoms with van der Waals surface area (Å²) in [6.07, 6.45) is 1.16. The molecule has 0 aliphatic rings. The van der Waals surface area contributed by atoms with Crippen LogP contribution in [0, 0.1) is 12.8 Å². The van der Waals surface area contributed by atoms with E-state index in [2.05, 4.69) is 43.1 Å². The van der Waals surface area contributed by atoms with Crippen molar-refractivity contribution < 1.29 is 0 Å². The Morgan fingerprint density at radius 2 is 2.00 bits per heavy atom. The van der Waals surface area contributed by atoms with Gasteiger partial charge in [0.2, 0.25) is 0 Å². The van der Waals surface area contributed by atoms with Crippen LogP contribution < -0.4 is 0 Å². The second kappa shape index (κ2) is 4.79. The Bertz CT molecular complexity index is 471. The van der Waals surface area contributed by atoms with Crippen LogP contribution in [0.3, 0.4) is 0 Å². The van der Waals surface area contributed by atoms with Crippen LogP contribution in [0.1, 0.15) is 24.4 Å². The van der Waals surface area contributed by atoms with Gasteiger partial charge in [0.1, 0.15) is 0 Å². The standard InChI is InChI=1S/C14H17NS/c1-10(2)9-12-7-8-14(16-12)13-6-4-5-11(3)15-13/h4-8,10H,9H2,1-3H3. The van der Waals surface area contributed by atoms with E-state index in [1.807, 2.05) is 24.3 Å². The topological polar surface area (TPSA) is 12.9 Å². The Labute approximate surface area is 101 Å². The molecule has 0 radical (unpaired) electrons. The number of pyridine rings is 1. The van der Waals surface area contributed by atoms with Crippen LogP contribution in [0.2, 0.25) is 0 Å². The van der Waals surface area contributed by atoms with E-state index in [9.17, 15) is 0 Å². The molecule has 0 unspecified atom stereocenters. The molecule has 0 aromatic carbocycles. The zero-order chi connectivity index (χ0) is 11.5. The minimum absolute atomic E-state index is 0.719. The molecule has 0 fully saturated rings. The highest BCUT2D eigenvalue weighted by Crippen LogP contribution is 2.28. The second-order valence-corrected chi connectivity index (χ2v) is 5.70. The van der Waals surface area contributed by atoms with Crippen molar-refractivity contribution in [1.82, 2.24) is 4.98 Å². The molecule has 0 atom stereocenters. The summed E-state index contributed by atoms with van der Waals surface area (Å²) in [7, 11) is 0. The lowest BCUT2D eigenvalue weighted by atomic mass is 10.1. The van der Waals surface area contributed by atoms with E-state index in [0.29, 0.717) is 0 Å². The van der Waals surface area contributed by atoms with Crippen LogP contribution >= 0.6 is 11.3 Å². The Hall–Kier alpha value is -1.15. The molecule has 0 spiro atoms. The number of rotatable bonds is 3. The molecule has 2 rings (SSSR count). The van der Waals surface area contributed by atoms with Crippen LogP contribution in [0.15, 0.2) is 30.3 Å². The molecule has 0 amide bonds. The molecule has 0 aliphatic carbocycles. The maximum atomic E-state index is 4.55. The lowest BCUT2D eigenvalue weighted by Crippen LogP contribution is -1.89. The monoisotopic (exact) mass is 231 g/mol. The molecule has 2 aromatic rings. The van der Waals surface area contributed by atoms with Gasteiger partial charge >= 0.3 is 0 Å². The third kappa shape index (κ3) is 2.70. The minimum Gasteiger partial charge on any atom is -0.252 e. The summed E-state index contributed by atoms with van der Waals surface area (Å²) >= 11 is 1.86. The summed E-state index contributed by atoms with van der Waals surface area (Å²) in [6, 6.07) is 10.6. The Kier molecular flexibility index (Phi) is 3.39. The number of aryl methyl sites for hydroxylation is 1. The number of hydrogen-bond acceptors (Lipinski definition) is 2. The summed E-state index contributed by atoms with van der Waals surface area (Å²) in [5.41, 5.74) is 2.18. The Morgan fingerprint density at radius 1 is 1.19 bits per heavy atom. The van der Waals surface area contributed by atoms with Crippen molar-refractivity contribution in [1.29, 1.82) is 0 Å². The normalized spacial score (nSPS) is 11.0. The summed E-state index contributed by atoms with van der Waals surface area (Å²) in [4.78, 5) is 7.28. The molecule has 2 heteroatoms. The number of nitrogens with zero attached hydrogens (tertiary/aromatic N) is 1. The Morgan fingerprint density at radius 3 is 2.69 bits per heavy atom. The number of aromatic nitrogens is 1. The molecule has 0 saturated carbocycles. The summed E-state index contributed by atoms with van der Waals surface area (Å²) < 4.78 is 0. The minimum atomic E-state index is 0.719. The van der Waals surface area contributed by atoms with Gasteiger partial charge in [0.25, 0.3) is 0 Å². The van der Waals surface area contributed by atoms with E-state index >= 15 is 0 Å². The quantitative estimate of drug-likeness (QED) is 0.766. The molecule has 0 saturated heterocycles. The first kappa shape index (κ1) is 11.3. The van der Waals surface area contributed by atoms with Gasteiger partial charge in [-0.3, -0.25) is 4.98 Å². The highest BCUT2D eigenvalue weighted by molar-refractivity contribution is 7.15. The van der Waals surface area contributed by atoms with Crippen LogP contribution in [-0.2, 0) is 6.42 Å². The first-order valence-electron chi connectivity index (χ1n) is 5.68. The summed E-state index contributed by atoms with van der Waals surface area (Å²) in [5, 5.41) is 0. The third-order valence-electron chi connectivity index (χ3n) is 2.41. The van der Waals surface area contributed by atoms with E-state index in [4.69, 9.17) is 0 Å². The van der Waals surface area contributed by atoms with E-state index in [1.54, 1.807) is 0 Å². The average Bonchev–Trinajstić information content (AvgIpc) is 2.65. The predicted octanol–water partition coefficient (Wildman–Crippen LogP) is 4.32. The highest BCUT2D eigenvalue weighted by Gasteiger charge is 2.05. The number of thiophene rings is 1. The molecule has 1 nitrogen and oxygen atoms in total. The lowest BCUT2D eigenvalue weighted by Gasteiger charge is -2.00. The molecule has 2 aromatic heterocycles. The SMILES string of the molecule is Cc1cccc(-c2ccc(CC(C)C)s2)n1. The summed E-state index contributed by atoms with van der Waals surface area (Å²) in [6.45, 7) is 6.54. The van der Waals surface area contributed by atoms with Crippen LogP contribution in [0.5, 0.6) is 0 Å². The van der Waals surface area contributed by atoms with Crippen molar-refractivity contribution in [3.8, 4) is 10.6 Å². The van der Waals surface area contributed by atoms with Crippen molar-refractivity contribution in [2.24, 2.45) is 5.92 Å². The van der Waals surface area contributed by atoms with Crippen LogP contribution in [0.4, 0.5) is 0 Å². The summed E-state index contributed by atoms with van der Waals surface area (Å²) in [5.74, 6) is 0.719. The molecule has 2 heterocycles. The Balaban J connectivity index is 2.24. The highest BCUT2D eigenvalue weighted by atomic mass is 32.1. The van der Waals surface area contributed by atoms with Gasteiger partial charge in [-0.25, -0.2) is 0 Å². The van der Waals surface area contributed by atoms with Gasteiger partial charge in [0.15, 0.2) is 0 Å². The molecule has 0 bridgehead atoms. The fourth-order valence-corrected chi connectivity index (χ4v) is 2.90.